The van der Waals surface area contributed by atoms with E-state index in [4.69, 9.17) is 0 Å². The van der Waals surface area contributed by atoms with E-state index < -0.39 is 55.7 Å². The van der Waals surface area contributed by atoms with E-state index in [1.807, 2.05) is 6.07 Å². The fraction of sp³-hybridized carbons (Fsp3) is 0.350. The van der Waals surface area contributed by atoms with Crippen molar-refractivity contribution in [2.75, 3.05) is 10.8 Å². The SMILES string of the molecule is CC1(C#N)CC(O)(CN(c2cc(Br)ccc2F)S(=O)(=O)c2cccc(C(F)(F)F)c2)C1. The zero-order valence-electron chi connectivity index (χ0n) is 16.1. The largest absolute Gasteiger partial charge is 0.416 e. The summed E-state index contributed by atoms with van der Waals surface area (Å²) in [6.07, 6.45) is -4.92. The lowest BCUT2D eigenvalue weighted by molar-refractivity contribution is -0.137. The van der Waals surface area contributed by atoms with Crippen molar-refractivity contribution in [2.45, 2.75) is 36.4 Å². The molecule has 31 heavy (non-hydrogen) atoms. The Balaban J connectivity index is 2.10. The number of rotatable bonds is 5. The maximum absolute atomic E-state index is 14.6. The third kappa shape index (κ3) is 4.71. The summed E-state index contributed by atoms with van der Waals surface area (Å²) in [4.78, 5) is -0.701. The molecule has 0 atom stereocenters. The molecule has 2 aromatic rings. The maximum atomic E-state index is 14.6. The van der Waals surface area contributed by atoms with Gasteiger partial charge in [0.15, 0.2) is 0 Å². The number of aliphatic hydroxyl groups is 1. The Labute approximate surface area is 185 Å². The van der Waals surface area contributed by atoms with Crippen molar-refractivity contribution >= 4 is 31.6 Å². The molecule has 3 rings (SSSR count). The molecule has 2 aromatic carbocycles. The Morgan fingerprint density at radius 3 is 2.45 bits per heavy atom. The van der Waals surface area contributed by atoms with E-state index >= 15 is 0 Å². The van der Waals surface area contributed by atoms with Gasteiger partial charge >= 0.3 is 6.18 Å². The van der Waals surface area contributed by atoms with E-state index in [0.29, 0.717) is 14.8 Å². The molecule has 0 spiro atoms. The number of alkyl halides is 3. The number of hydrogen-bond acceptors (Lipinski definition) is 4. The van der Waals surface area contributed by atoms with Gasteiger partial charge in [-0.05, 0) is 56.2 Å². The lowest BCUT2D eigenvalue weighted by Gasteiger charge is -2.49. The molecule has 1 fully saturated rings. The lowest BCUT2D eigenvalue weighted by atomic mass is 9.61. The molecule has 0 aromatic heterocycles. The number of anilines is 1. The lowest BCUT2D eigenvalue weighted by Crippen LogP contribution is -2.57. The van der Waals surface area contributed by atoms with Crippen LogP contribution >= 0.6 is 15.9 Å². The van der Waals surface area contributed by atoms with Crippen LogP contribution in [0.15, 0.2) is 51.8 Å². The summed E-state index contributed by atoms with van der Waals surface area (Å²) in [5.74, 6) is -0.940. The Morgan fingerprint density at radius 1 is 1.23 bits per heavy atom. The topological polar surface area (TPSA) is 81.4 Å². The van der Waals surface area contributed by atoms with Gasteiger partial charge in [0.1, 0.15) is 5.82 Å². The highest BCUT2D eigenvalue weighted by molar-refractivity contribution is 9.10. The Bertz CT molecular complexity index is 1160. The fourth-order valence-corrected chi connectivity index (χ4v) is 5.73. The first-order chi connectivity index (χ1) is 14.2. The maximum Gasteiger partial charge on any atom is 0.416 e. The second kappa shape index (κ2) is 7.76. The Hall–Kier alpha value is -2.16. The van der Waals surface area contributed by atoms with Crippen LogP contribution in [0, 0.1) is 22.6 Å². The van der Waals surface area contributed by atoms with Crippen LogP contribution in [0.2, 0.25) is 0 Å². The molecule has 0 bridgehead atoms. The highest BCUT2D eigenvalue weighted by Gasteiger charge is 2.53. The van der Waals surface area contributed by atoms with Crippen molar-refractivity contribution in [3.63, 3.8) is 0 Å². The van der Waals surface area contributed by atoms with Crippen LogP contribution in [0.3, 0.4) is 0 Å². The van der Waals surface area contributed by atoms with Crippen molar-refractivity contribution in [1.82, 2.24) is 0 Å². The van der Waals surface area contributed by atoms with Crippen molar-refractivity contribution in [1.29, 1.82) is 5.26 Å². The molecule has 11 heteroatoms. The summed E-state index contributed by atoms with van der Waals surface area (Å²) in [7, 11) is -4.70. The van der Waals surface area contributed by atoms with Gasteiger partial charge in [-0.1, -0.05) is 22.0 Å². The van der Waals surface area contributed by atoms with Crippen molar-refractivity contribution in [2.24, 2.45) is 5.41 Å². The van der Waals surface area contributed by atoms with Gasteiger partial charge in [0, 0.05) is 4.47 Å². The molecule has 1 saturated carbocycles. The summed E-state index contributed by atoms with van der Waals surface area (Å²) in [6, 6.07) is 8.61. The number of nitrogens with zero attached hydrogens (tertiary/aromatic N) is 2. The normalized spacial score (nSPS) is 23.7. The Morgan fingerprint density at radius 2 is 1.87 bits per heavy atom. The highest BCUT2D eigenvalue weighted by Crippen LogP contribution is 2.49. The van der Waals surface area contributed by atoms with E-state index in [1.165, 1.54) is 6.07 Å². The van der Waals surface area contributed by atoms with E-state index in [9.17, 15) is 36.3 Å². The third-order valence-corrected chi connectivity index (χ3v) is 7.32. The van der Waals surface area contributed by atoms with Crippen LogP contribution in [0.1, 0.15) is 25.3 Å². The van der Waals surface area contributed by atoms with Crippen LogP contribution in [-0.2, 0) is 16.2 Å². The quantitative estimate of drug-likeness (QED) is 0.571. The minimum Gasteiger partial charge on any atom is -0.388 e. The minimum absolute atomic E-state index is 0.0687. The standard InChI is InChI=1S/C20H17BrF4N2O3S/c1-18(11-26)9-19(28,10-18)12-27(17-8-14(21)5-6-16(17)22)31(29,30)15-4-2-3-13(7-15)20(23,24)25/h2-8,28H,9-10,12H2,1H3. The summed E-state index contributed by atoms with van der Waals surface area (Å²) in [5.41, 5.74) is -4.14. The first-order valence-corrected chi connectivity index (χ1v) is 11.2. The summed E-state index contributed by atoms with van der Waals surface area (Å²) in [5, 5.41) is 20.0. The average molecular weight is 521 g/mol. The first-order valence-electron chi connectivity index (χ1n) is 8.98. The second-order valence-electron chi connectivity index (χ2n) is 7.88. The molecule has 1 N–H and O–H groups in total. The minimum atomic E-state index is -4.78. The van der Waals surface area contributed by atoms with Crippen LogP contribution in [-0.4, -0.2) is 25.7 Å². The molecule has 1 aliphatic rings. The number of benzene rings is 2. The summed E-state index contributed by atoms with van der Waals surface area (Å²) >= 11 is 3.12. The number of hydrogen-bond donors (Lipinski definition) is 1. The molecule has 1 aliphatic carbocycles. The second-order valence-corrected chi connectivity index (χ2v) is 10.7. The van der Waals surface area contributed by atoms with Crippen LogP contribution in [0.4, 0.5) is 23.2 Å². The number of nitriles is 1. The van der Waals surface area contributed by atoms with Gasteiger partial charge in [0.2, 0.25) is 0 Å². The van der Waals surface area contributed by atoms with Gasteiger partial charge in [-0.25, -0.2) is 12.8 Å². The molecule has 0 amide bonds. The van der Waals surface area contributed by atoms with Crippen molar-refractivity contribution in [3.05, 3.63) is 58.3 Å². The summed E-state index contributed by atoms with van der Waals surface area (Å²) < 4.78 is 81.5. The molecule has 0 heterocycles. The average Bonchev–Trinajstić information content (AvgIpc) is 2.66. The highest BCUT2D eigenvalue weighted by atomic mass is 79.9. The molecular formula is C20H17BrF4N2O3S. The number of halogens is 5. The van der Waals surface area contributed by atoms with E-state index in [2.05, 4.69) is 15.9 Å². The van der Waals surface area contributed by atoms with Gasteiger partial charge in [0.05, 0.1) is 39.8 Å². The smallest absolute Gasteiger partial charge is 0.388 e. The zero-order valence-corrected chi connectivity index (χ0v) is 18.5. The predicted molar refractivity (Wildman–Crippen MR) is 108 cm³/mol. The molecule has 0 unspecified atom stereocenters. The number of sulfonamides is 1. The van der Waals surface area contributed by atoms with E-state index in [-0.39, 0.29) is 12.8 Å². The van der Waals surface area contributed by atoms with Crippen LogP contribution in [0.25, 0.3) is 0 Å². The van der Waals surface area contributed by atoms with Gasteiger partial charge in [0.25, 0.3) is 10.0 Å². The third-order valence-electron chi connectivity index (χ3n) is 5.07. The van der Waals surface area contributed by atoms with Gasteiger partial charge in [-0.2, -0.15) is 18.4 Å². The van der Waals surface area contributed by atoms with Crippen molar-refractivity contribution < 1.29 is 31.1 Å². The monoisotopic (exact) mass is 520 g/mol. The van der Waals surface area contributed by atoms with Gasteiger partial charge in [-0.3, -0.25) is 4.31 Å². The predicted octanol–water partition coefficient (Wildman–Crippen LogP) is 4.86. The van der Waals surface area contributed by atoms with E-state index in [0.717, 1.165) is 30.3 Å². The van der Waals surface area contributed by atoms with Crippen LogP contribution < -0.4 is 4.31 Å². The van der Waals surface area contributed by atoms with Crippen molar-refractivity contribution in [3.8, 4) is 6.07 Å². The molecular weight excluding hydrogens is 504 g/mol. The van der Waals surface area contributed by atoms with E-state index in [1.54, 1.807) is 6.92 Å². The summed E-state index contributed by atoms with van der Waals surface area (Å²) in [6.45, 7) is 0.961. The first kappa shape index (κ1) is 23.5. The molecule has 5 nitrogen and oxygen atoms in total. The molecule has 0 saturated heterocycles. The molecule has 0 aliphatic heterocycles. The molecule has 0 radical (unpaired) electrons. The zero-order chi connectivity index (χ0) is 23.2. The molecule has 166 valence electrons. The van der Waals surface area contributed by atoms with Gasteiger partial charge in [-0.15, -0.1) is 0 Å². The van der Waals surface area contributed by atoms with Gasteiger partial charge < -0.3 is 5.11 Å². The fourth-order valence-electron chi connectivity index (χ4n) is 3.80. The Kier molecular flexibility index (Phi) is 5.88. The van der Waals surface area contributed by atoms with Crippen LogP contribution in [0.5, 0.6) is 0 Å².